The third-order valence-corrected chi connectivity index (χ3v) is 6.64. The van der Waals surface area contributed by atoms with Crippen LogP contribution in [0.4, 0.5) is 10.1 Å². The fourth-order valence-corrected chi connectivity index (χ4v) is 5.14. The lowest BCUT2D eigenvalue weighted by Gasteiger charge is -2.26. The summed E-state index contributed by atoms with van der Waals surface area (Å²) >= 11 is 1.08. The average Bonchev–Trinajstić information content (AvgIpc) is 3.17. The predicted molar refractivity (Wildman–Crippen MR) is 118 cm³/mol. The number of anilines is 1. The number of carboxylic acid groups (broad SMARTS) is 1. The van der Waals surface area contributed by atoms with Crippen molar-refractivity contribution in [2.24, 2.45) is 0 Å². The molecule has 0 saturated carbocycles. The molecule has 3 aromatic rings. The van der Waals surface area contributed by atoms with Gasteiger partial charge in [0, 0.05) is 34.4 Å². The van der Waals surface area contributed by atoms with Crippen molar-refractivity contribution in [2.75, 3.05) is 26.6 Å². The van der Waals surface area contributed by atoms with Crippen molar-refractivity contribution in [3.05, 3.63) is 57.5 Å². The highest BCUT2D eigenvalue weighted by Gasteiger charge is 2.36. The molecule has 7 nitrogen and oxygen atoms in total. The Morgan fingerprint density at radius 1 is 1.06 bits per heavy atom. The minimum atomic E-state index is -1.13. The van der Waals surface area contributed by atoms with Crippen molar-refractivity contribution in [1.29, 1.82) is 0 Å². The molecule has 2 heterocycles. The second-order valence-corrected chi connectivity index (χ2v) is 8.16. The van der Waals surface area contributed by atoms with Gasteiger partial charge in [-0.15, -0.1) is 11.3 Å². The van der Waals surface area contributed by atoms with Crippen molar-refractivity contribution < 1.29 is 33.3 Å². The van der Waals surface area contributed by atoms with Crippen LogP contribution in [0.5, 0.6) is 17.2 Å². The summed E-state index contributed by atoms with van der Waals surface area (Å²) in [5, 5.41) is 12.7. The molecule has 0 bridgehead atoms. The second kappa shape index (κ2) is 8.51. The minimum Gasteiger partial charge on any atom is -0.496 e. The van der Waals surface area contributed by atoms with Crippen LogP contribution >= 0.6 is 11.3 Å². The number of benzene rings is 2. The van der Waals surface area contributed by atoms with Crippen molar-refractivity contribution in [3.63, 3.8) is 0 Å². The number of hydrogen-bond donors (Lipinski definition) is 2. The van der Waals surface area contributed by atoms with E-state index in [1.54, 1.807) is 12.1 Å². The molecule has 1 aromatic heterocycles. The number of amides is 1. The van der Waals surface area contributed by atoms with Gasteiger partial charge in [0.25, 0.3) is 0 Å². The number of rotatable bonds is 6. The molecule has 0 saturated heterocycles. The molecule has 2 aromatic carbocycles. The smallest absolute Gasteiger partial charge is 0.346 e. The Hall–Kier alpha value is -3.59. The molecule has 0 radical (unpaired) electrons. The summed E-state index contributed by atoms with van der Waals surface area (Å²) < 4.78 is 29.8. The predicted octanol–water partition coefficient (Wildman–Crippen LogP) is 4.75. The Morgan fingerprint density at radius 3 is 2.28 bits per heavy atom. The van der Waals surface area contributed by atoms with E-state index in [0.29, 0.717) is 44.5 Å². The topological polar surface area (TPSA) is 94.1 Å². The molecule has 4 rings (SSSR count). The molecule has 0 unspecified atom stereocenters. The van der Waals surface area contributed by atoms with E-state index in [4.69, 9.17) is 14.2 Å². The lowest BCUT2D eigenvalue weighted by molar-refractivity contribution is -0.116. The molecular formula is C23H20FNO6S. The number of hydrogen-bond acceptors (Lipinski definition) is 6. The number of fused-ring (bicyclic) bond motifs is 1. The number of thiophene rings is 1. The number of methoxy groups -OCH3 is 3. The SMILES string of the molecule is COc1cc(OC)c([C@@H]2CC(=O)Nc3c2sc(C(=O)O)c3-c2ccc(F)cc2)cc1OC. The van der Waals surface area contributed by atoms with Crippen molar-refractivity contribution in [2.45, 2.75) is 12.3 Å². The quantitative estimate of drug-likeness (QED) is 0.555. The number of aromatic carboxylic acids is 1. The normalized spacial score (nSPS) is 15.0. The zero-order valence-electron chi connectivity index (χ0n) is 17.5. The lowest BCUT2D eigenvalue weighted by Crippen LogP contribution is -2.23. The standard InChI is InChI=1S/C23H20FNO6S/c1-29-15-10-17(31-3)16(30-2)8-13(15)14-9-18(26)25-20-19(11-4-6-12(24)7-5-11)22(23(27)28)32-21(14)20/h4-8,10,14H,9H2,1-3H3,(H,25,26)(H,27,28)/t14-/m0/s1. The molecule has 1 aliphatic rings. The maximum atomic E-state index is 13.5. The molecule has 1 amide bonds. The number of halogens is 1. The molecule has 9 heteroatoms. The molecule has 1 atom stereocenters. The summed E-state index contributed by atoms with van der Waals surface area (Å²) in [6, 6.07) is 8.91. The fraction of sp³-hybridized carbons (Fsp3) is 0.217. The van der Waals surface area contributed by atoms with E-state index in [-0.39, 0.29) is 17.2 Å². The summed E-state index contributed by atoms with van der Waals surface area (Å²) in [5.41, 5.74) is 1.94. The van der Waals surface area contributed by atoms with E-state index < -0.39 is 17.7 Å². The average molecular weight is 457 g/mol. The third kappa shape index (κ3) is 3.64. The summed E-state index contributed by atoms with van der Waals surface area (Å²) in [4.78, 5) is 25.5. The van der Waals surface area contributed by atoms with Gasteiger partial charge < -0.3 is 24.6 Å². The number of carboxylic acids is 1. The highest BCUT2D eigenvalue weighted by atomic mass is 32.1. The number of carbonyl (C=O) groups excluding carboxylic acids is 1. The number of nitrogens with one attached hydrogen (secondary N) is 1. The maximum Gasteiger partial charge on any atom is 0.346 e. The van der Waals surface area contributed by atoms with E-state index in [0.717, 1.165) is 11.3 Å². The van der Waals surface area contributed by atoms with Crippen molar-refractivity contribution in [1.82, 2.24) is 0 Å². The van der Waals surface area contributed by atoms with Gasteiger partial charge >= 0.3 is 5.97 Å². The summed E-state index contributed by atoms with van der Waals surface area (Å²) in [5.74, 6) is -0.879. The Labute approximate surface area is 187 Å². The first kappa shape index (κ1) is 21.6. The summed E-state index contributed by atoms with van der Waals surface area (Å²) in [7, 11) is 4.53. The Morgan fingerprint density at radius 2 is 1.69 bits per heavy atom. The van der Waals surface area contributed by atoms with Crippen LogP contribution in [0.2, 0.25) is 0 Å². The van der Waals surface area contributed by atoms with E-state index in [9.17, 15) is 19.1 Å². The van der Waals surface area contributed by atoms with E-state index in [1.165, 1.54) is 45.6 Å². The monoisotopic (exact) mass is 457 g/mol. The molecule has 2 N–H and O–H groups in total. The van der Waals surface area contributed by atoms with Gasteiger partial charge in [0.1, 0.15) is 16.4 Å². The van der Waals surface area contributed by atoms with Crippen LogP contribution in [0.1, 0.15) is 32.5 Å². The van der Waals surface area contributed by atoms with Crippen LogP contribution in [-0.4, -0.2) is 38.3 Å². The van der Waals surface area contributed by atoms with Crippen LogP contribution in [-0.2, 0) is 4.79 Å². The van der Waals surface area contributed by atoms with Gasteiger partial charge in [-0.05, 0) is 23.8 Å². The van der Waals surface area contributed by atoms with Crippen LogP contribution in [0.15, 0.2) is 36.4 Å². The van der Waals surface area contributed by atoms with Crippen LogP contribution in [0, 0.1) is 5.82 Å². The zero-order valence-corrected chi connectivity index (χ0v) is 18.3. The third-order valence-electron chi connectivity index (χ3n) is 5.34. The molecule has 1 aliphatic heterocycles. The highest BCUT2D eigenvalue weighted by molar-refractivity contribution is 7.15. The highest BCUT2D eigenvalue weighted by Crippen LogP contribution is 2.52. The summed E-state index contributed by atoms with van der Waals surface area (Å²) in [6.07, 6.45) is 0.0985. The Balaban J connectivity index is 1.95. The molecule has 166 valence electrons. The number of carbonyl (C=O) groups is 2. The van der Waals surface area contributed by atoms with Gasteiger partial charge in [-0.1, -0.05) is 12.1 Å². The molecule has 0 aliphatic carbocycles. The first-order valence-electron chi connectivity index (χ1n) is 9.63. The number of ether oxygens (including phenoxy) is 3. The van der Waals surface area contributed by atoms with Crippen molar-refractivity contribution in [3.8, 4) is 28.4 Å². The molecule has 0 spiro atoms. The van der Waals surface area contributed by atoms with Gasteiger partial charge in [-0.3, -0.25) is 4.79 Å². The Bertz CT molecular complexity index is 1200. The van der Waals surface area contributed by atoms with E-state index >= 15 is 0 Å². The molecular weight excluding hydrogens is 437 g/mol. The zero-order chi connectivity index (χ0) is 23.0. The van der Waals surface area contributed by atoms with Crippen LogP contribution in [0.25, 0.3) is 11.1 Å². The summed E-state index contributed by atoms with van der Waals surface area (Å²) in [6.45, 7) is 0. The maximum absolute atomic E-state index is 13.5. The van der Waals surface area contributed by atoms with E-state index in [2.05, 4.69) is 5.32 Å². The largest absolute Gasteiger partial charge is 0.496 e. The molecule has 0 fully saturated rings. The second-order valence-electron chi connectivity index (χ2n) is 7.11. The van der Waals surface area contributed by atoms with Gasteiger partial charge in [-0.25, -0.2) is 9.18 Å². The minimum absolute atomic E-state index is 0.0632. The lowest BCUT2D eigenvalue weighted by atomic mass is 9.87. The van der Waals surface area contributed by atoms with Crippen molar-refractivity contribution >= 4 is 28.9 Å². The van der Waals surface area contributed by atoms with Gasteiger partial charge in [0.05, 0.1) is 27.0 Å². The Kier molecular flexibility index (Phi) is 5.75. The van der Waals surface area contributed by atoms with Gasteiger partial charge in [0.15, 0.2) is 11.5 Å². The first-order chi connectivity index (χ1) is 15.4. The van der Waals surface area contributed by atoms with E-state index in [1.807, 2.05) is 0 Å². The van der Waals surface area contributed by atoms with Crippen LogP contribution in [0.3, 0.4) is 0 Å². The molecule has 32 heavy (non-hydrogen) atoms. The first-order valence-corrected chi connectivity index (χ1v) is 10.4. The van der Waals surface area contributed by atoms with Gasteiger partial charge in [0.2, 0.25) is 5.91 Å². The van der Waals surface area contributed by atoms with Crippen LogP contribution < -0.4 is 19.5 Å². The van der Waals surface area contributed by atoms with Gasteiger partial charge in [-0.2, -0.15) is 0 Å². The fourth-order valence-electron chi connectivity index (χ4n) is 3.91.